The number of hydrogen-bond acceptors (Lipinski definition) is 3. The molecule has 1 heterocycles. The average Bonchev–Trinajstić information content (AvgIpc) is 2.39. The van der Waals surface area contributed by atoms with E-state index in [4.69, 9.17) is 10.0 Å². The molecule has 1 aromatic carbocycles. The highest BCUT2D eigenvalue weighted by Gasteiger charge is 2.22. The van der Waals surface area contributed by atoms with Gasteiger partial charge in [-0.2, -0.15) is 4.39 Å². The highest BCUT2D eigenvalue weighted by Crippen LogP contribution is 2.24. The van der Waals surface area contributed by atoms with Crippen molar-refractivity contribution in [1.29, 1.82) is 0 Å². The van der Waals surface area contributed by atoms with Gasteiger partial charge in [-0.05, 0) is 40.1 Å². The topological polar surface area (TPSA) is 40.5 Å². The zero-order chi connectivity index (χ0) is 10.3. The molecule has 14 heavy (non-hydrogen) atoms. The lowest BCUT2D eigenvalue weighted by molar-refractivity contribution is 0.424. The third-order valence-corrected chi connectivity index (χ3v) is 3.53. The summed E-state index contributed by atoms with van der Waals surface area (Å²) in [5.74, 6) is 0. The summed E-state index contributed by atoms with van der Waals surface area (Å²) >= 11 is 3.06. The summed E-state index contributed by atoms with van der Waals surface area (Å²) in [6, 6.07) is 5.32. The van der Waals surface area contributed by atoms with Crippen LogP contribution in [0.25, 0.3) is 10.1 Å². The molecule has 0 unspecified atom stereocenters. The van der Waals surface area contributed by atoms with Crippen molar-refractivity contribution in [3.63, 3.8) is 0 Å². The van der Waals surface area contributed by atoms with Gasteiger partial charge in [0.25, 0.3) is 0 Å². The van der Waals surface area contributed by atoms with Crippen molar-refractivity contribution in [1.82, 2.24) is 0 Å². The molecule has 2 N–H and O–H groups in total. The number of thiophene rings is 1. The third-order valence-electron chi connectivity index (χ3n) is 1.90. The van der Waals surface area contributed by atoms with Gasteiger partial charge in [-0.3, -0.25) is 0 Å². The van der Waals surface area contributed by atoms with E-state index >= 15 is 0 Å². The maximum Gasteiger partial charge on any atom is 0.493 e. The summed E-state index contributed by atoms with van der Waals surface area (Å²) in [6.45, 7) is 0. The average molecular weight is 322 g/mol. The van der Waals surface area contributed by atoms with Gasteiger partial charge < -0.3 is 10.0 Å². The molecular weight excluding hydrogens is 317 g/mol. The molecule has 72 valence electrons. The molecule has 2 aromatic rings. The van der Waals surface area contributed by atoms with E-state index < -0.39 is 12.2 Å². The Morgan fingerprint density at radius 1 is 1.36 bits per heavy atom. The van der Waals surface area contributed by atoms with Crippen molar-refractivity contribution in [3.8, 4) is 0 Å². The first-order chi connectivity index (χ1) is 6.59. The third kappa shape index (κ3) is 1.67. The Kier molecular flexibility index (Phi) is 2.78. The summed E-state index contributed by atoms with van der Waals surface area (Å²) in [5, 5.41) is 18.0. The Bertz CT molecular complexity index is 485. The lowest BCUT2D eigenvalue weighted by Gasteiger charge is -1.96. The Hall–Kier alpha value is -0.175. The van der Waals surface area contributed by atoms with E-state index in [0.717, 1.165) is 19.6 Å². The molecule has 0 fully saturated rings. The minimum atomic E-state index is -1.75. The zero-order valence-corrected chi connectivity index (χ0v) is 9.84. The second-order valence-corrected chi connectivity index (χ2v) is 5.05. The number of hydrogen-bond donors (Lipinski definition) is 2. The minimum absolute atomic E-state index is 0.0265. The van der Waals surface area contributed by atoms with Crippen molar-refractivity contribution < 1.29 is 14.4 Å². The zero-order valence-electron chi connectivity index (χ0n) is 6.87. The fraction of sp³-hybridized carbons (Fsp3) is 0. The van der Waals surface area contributed by atoms with Gasteiger partial charge in [-0.15, -0.1) is 11.3 Å². The Morgan fingerprint density at radius 3 is 2.71 bits per heavy atom. The van der Waals surface area contributed by atoms with Crippen molar-refractivity contribution in [3.05, 3.63) is 26.9 Å². The molecule has 0 aliphatic carbocycles. The van der Waals surface area contributed by atoms with Crippen LogP contribution in [0.3, 0.4) is 0 Å². The minimum Gasteiger partial charge on any atom is -0.423 e. The first kappa shape index (κ1) is 10.3. The molecule has 0 aliphatic heterocycles. The van der Waals surface area contributed by atoms with Crippen LogP contribution >= 0.6 is 33.9 Å². The molecular formula is C8H5BFIO2S. The maximum absolute atomic E-state index is 13.3. The van der Waals surface area contributed by atoms with Gasteiger partial charge in [0.1, 0.15) is 0 Å². The maximum atomic E-state index is 13.3. The van der Waals surface area contributed by atoms with Gasteiger partial charge in [0.05, 0.1) is 0 Å². The van der Waals surface area contributed by atoms with Crippen LogP contribution in [0.15, 0.2) is 18.2 Å². The van der Waals surface area contributed by atoms with Crippen molar-refractivity contribution in [2.75, 3.05) is 0 Å². The predicted octanol–water partition coefficient (Wildman–Crippen LogP) is 1.32. The number of benzene rings is 1. The van der Waals surface area contributed by atoms with E-state index in [2.05, 4.69) is 22.6 Å². The first-order valence-corrected chi connectivity index (χ1v) is 5.72. The van der Waals surface area contributed by atoms with Crippen LogP contribution in [0.1, 0.15) is 0 Å². The highest BCUT2D eigenvalue weighted by molar-refractivity contribution is 14.1. The second-order valence-electron chi connectivity index (χ2n) is 2.80. The molecule has 0 spiro atoms. The molecule has 2 nitrogen and oxygen atoms in total. The van der Waals surface area contributed by atoms with Gasteiger partial charge in [0.15, 0.2) is 5.13 Å². The summed E-state index contributed by atoms with van der Waals surface area (Å²) in [4.78, 5) is 0. The van der Waals surface area contributed by atoms with Crippen LogP contribution in [0.5, 0.6) is 0 Å². The van der Waals surface area contributed by atoms with Crippen molar-refractivity contribution in [2.45, 2.75) is 0 Å². The Labute approximate surface area is 97.7 Å². The van der Waals surface area contributed by atoms with Gasteiger partial charge in [0, 0.05) is 13.7 Å². The second kappa shape index (κ2) is 3.76. The number of fused-ring (bicyclic) bond motifs is 1. The van der Waals surface area contributed by atoms with Crippen LogP contribution in [-0.4, -0.2) is 17.2 Å². The lowest BCUT2D eigenvalue weighted by Crippen LogP contribution is -2.31. The molecule has 0 bridgehead atoms. The van der Waals surface area contributed by atoms with E-state index in [9.17, 15) is 4.39 Å². The highest BCUT2D eigenvalue weighted by atomic mass is 127. The van der Waals surface area contributed by atoms with E-state index in [-0.39, 0.29) is 5.46 Å². The number of halogens is 2. The number of rotatable bonds is 1. The van der Waals surface area contributed by atoms with Crippen molar-refractivity contribution >= 4 is 56.6 Å². The predicted molar refractivity (Wildman–Crippen MR) is 64.3 cm³/mol. The first-order valence-electron chi connectivity index (χ1n) is 3.83. The Balaban J connectivity index is 2.77. The van der Waals surface area contributed by atoms with Gasteiger partial charge in [-0.25, -0.2) is 0 Å². The molecule has 0 saturated carbocycles. The van der Waals surface area contributed by atoms with Crippen LogP contribution in [0.2, 0.25) is 0 Å². The van der Waals surface area contributed by atoms with Gasteiger partial charge >= 0.3 is 7.12 Å². The molecule has 0 radical (unpaired) electrons. The summed E-state index contributed by atoms with van der Waals surface area (Å²) in [6.07, 6.45) is 0. The van der Waals surface area contributed by atoms with Crippen LogP contribution in [-0.2, 0) is 0 Å². The molecule has 1 aromatic heterocycles. The molecule has 0 aliphatic rings. The molecule has 6 heteroatoms. The van der Waals surface area contributed by atoms with Crippen LogP contribution < -0.4 is 5.46 Å². The summed E-state index contributed by atoms with van der Waals surface area (Å²) < 4.78 is 15.0. The van der Waals surface area contributed by atoms with E-state index in [0.29, 0.717) is 5.39 Å². The monoisotopic (exact) mass is 322 g/mol. The van der Waals surface area contributed by atoms with Gasteiger partial charge in [-0.1, -0.05) is 6.07 Å². The summed E-state index contributed by atoms with van der Waals surface area (Å²) in [7, 11) is -1.75. The van der Waals surface area contributed by atoms with Crippen molar-refractivity contribution in [2.24, 2.45) is 0 Å². The largest absolute Gasteiger partial charge is 0.493 e. The van der Waals surface area contributed by atoms with Gasteiger partial charge in [0.2, 0.25) is 0 Å². The molecule has 0 saturated heterocycles. The standard InChI is InChI=1S/C8H5BFIO2S/c10-8-7(9(12)13)5-2-1-4(11)3-6(5)14-8/h1-3,12-13H. The molecule has 2 rings (SSSR count). The molecule has 0 atom stereocenters. The fourth-order valence-electron chi connectivity index (χ4n) is 1.30. The van der Waals surface area contributed by atoms with E-state index in [1.54, 1.807) is 12.1 Å². The molecule has 0 amide bonds. The smallest absolute Gasteiger partial charge is 0.423 e. The normalized spacial score (nSPS) is 10.9. The lowest BCUT2D eigenvalue weighted by atomic mass is 9.80. The Morgan fingerprint density at radius 2 is 2.07 bits per heavy atom. The van der Waals surface area contributed by atoms with Crippen LogP contribution in [0.4, 0.5) is 4.39 Å². The summed E-state index contributed by atoms with van der Waals surface area (Å²) in [5.41, 5.74) is -0.0265. The fourth-order valence-corrected chi connectivity index (χ4v) is 3.00. The quantitative estimate of drug-likeness (QED) is 0.614. The van der Waals surface area contributed by atoms with Crippen LogP contribution in [0, 0.1) is 8.70 Å². The SMILES string of the molecule is OB(O)c1c(F)sc2cc(I)ccc12. The van der Waals surface area contributed by atoms with E-state index in [1.807, 2.05) is 6.07 Å². The van der Waals surface area contributed by atoms with E-state index in [1.165, 1.54) is 0 Å².